The lowest BCUT2D eigenvalue weighted by molar-refractivity contribution is 0.165. The SMILES string of the molecule is CNCC1CCCN(Cc2ccn(-c3ccccc3)n2)C1. The predicted molar refractivity (Wildman–Crippen MR) is 85.5 cm³/mol. The van der Waals surface area contributed by atoms with E-state index in [1.165, 1.54) is 25.9 Å². The Morgan fingerprint density at radius 3 is 2.90 bits per heavy atom. The second kappa shape index (κ2) is 6.87. The zero-order chi connectivity index (χ0) is 14.5. The fraction of sp³-hybridized carbons (Fsp3) is 0.471. The quantitative estimate of drug-likeness (QED) is 0.914. The highest BCUT2D eigenvalue weighted by atomic mass is 15.3. The molecular weight excluding hydrogens is 260 g/mol. The molecule has 1 N–H and O–H groups in total. The summed E-state index contributed by atoms with van der Waals surface area (Å²) in [5.41, 5.74) is 2.28. The van der Waals surface area contributed by atoms with E-state index in [-0.39, 0.29) is 0 Å². The molecule has 21 heavy (non-hydrogen) atoms. The normalized spacial score (nSPS) is 19.8. The summed E-state index contributed by atoms with van der Waals surface area (Å²) in [5, 5.41) is 8.01. The Bertz CT molecular complexity index is 547. The zero-order valence-electron chi connectivity index (χ0n) is 12.7. The van der Waals surface area contributed by atoms with Crippen molar-refractivity contribution >= 4 is 0 Å². The van der Waals surface area contributed by atoms with Gasteiger partial charge >= 0.3 is 0 Å². The molecule has 1 fully saturated rings. The van der Waals surface area contributed by atoms with Gasteiger partial charge < -0.3 is 5.32 Å². The van der Waals surface area contributed by atoms with E-state index in [1.54, 1.807) is 0 Å². The highest BCUT2D eigenvalue weighted by Gasteiger charge is 2.19. The van der Waals surface area contributed by atoms with Gasteiger partial charge in [0.2, 0.25) is 0 Å². The molecule has 1 aliphatic rings. The van der Waals surface area contributed by atoms with Gasteiger partial charge in [-0.15, -0.1) is 0 Å². The van der Waals surface area contributed by atoms with Crippen LogP contribution in [0.25, 0.3) is 5.69 Å². The molecule has 1 aliphatic heterocycles. The fourth-order valence-corrected chi connectivity index (χ4v) is 3.15. The predicted octanol–water partition coefficient (Wildman–Crippen LogP) is 2.30. The van der Waals surface area contributed by atoms with Crippen LogP contribution in [0.2, 0.25) is 0 Å². The summed E-state index contributed by atoms with van der Waals surface area (Å²) in [4.78, 5) is 2.53. The number of aromatic nitrogens is 2. The molecule has 3 rings (SSSR count). The minimum absolute atomic E-state index is 0.778. The first-order valence-corrected chi connectivity index (χ1v) is 7.82. The summed E-state index contributed by atoms with van der Waals surface area (Å²) >= 11 is 0. The topological polar surface area (TPSA) is 33.1 Å². The van der Waals surface area contributed by atoms with Gasteiger partial charge in [0.25, 0.3) is 0 Å². The smallest absolute Gasteiger partial charge is 0.0769 e. The fourth-order valence-electron chi connectivity index (χ4n) is 3.15. The average molecular weight is 284 g/mol. The molecule has 2 aromatic rings. The van der Waals surface area contributed by atoms with Crippen LogP contribution in [0.3, 0.4) is 0 Å². The van der Waals surface area contributed by atoms with E-state index in [0.29, 0.717) is 0 Å². The molecule has 1 aromatic carbocycles. The minimum Gasteiger partial charge on any atom is -0.319 e. The van der Waals surface area contributed by atoms with Gasteiger partial charge in [0.05, 0.1) is 11.4 Å². The largest absolute Gasteiger partial charge is 0.319 e. The first-order valence-electron chi connectivity index (χ1n) is 7.82. The van der Waals surface area contributed by atoms with Gasteiger partial charge in [0, 0.05) is 19.3 Å². The number of nitrogens with one attached hydrogen (secondary N) is 1. The lowest BCUT2D eigenvalue weighted by Crippen LogP contribution is -2.38. The molecule has 1 saturated heterocycles. The number of rotatable bonds is 5. The molecular formula is C17H24N4. The van der Waals surface area contributed by atoms with Crippen LogP contribution in [0.4, 0.5) is 0 Å². The van der Waals surface area contributed by atoms with Crippen LogP contribution in [0.15, 0.2) is 42.6 Å². The van der Waals surface area contributed by atoms with Crippen molar-refractivity contribution in [3.8, 4) is 5.69 Å². The van der Waals surface area contributed by atoms with Crippen LogP contribution < -0.4 is 5.32 Å². The second-order valence-corrected chi connectivity index (χ2v) is 5.89. The first-order chi connectivity index (χ1) is 10.3. The number of nitrogens with zero attached hydrogens (tertiary/aromatic N) is 3. The Kier molecular flexibility index (Phi) is 4.68. The third kappa shape index (κ3) is 3.71. The summed E-state index contributed by atoms with van der Waals surface area (Å²) < 4.78 is 1.96. The summed E-state index contributed by atoms with van der Waals surface area (Å²) in [6.45, 7) is 4.45. The van der Waals surface area contributed by atoms with Crippen molar-refractivity contribution in [3.63, 3.8) is 0 Å². The molecule has 0 saturated carbocycles. The Morgan fingerprint density at radius 1 is 1.24 bits per heavy atom. The van der Waals surface area contributed by atoms with Crippen molar-refractivity contribution in [2.24, 2.45) is 5.92 Å². The van der Waals surface area contributed by atoms with E-state index in [4.69, 9.17) is 5.10 Å². The van der Waals surface area contributed by atoms with E-state index in [0.717, 1.165) is 30.4 Å². The van der Waals surface area contributed by atoms with Gasteiger partial charge in [-0.2, -0.15) is 5.10 Å². The van der Waals surface area contributed by atoms with Crippen molar-refractivity contribution in [2.75, 3.05) is 26.7 Å². The highest BCUT2D eigenvalue weighted by Crippen LogP contribution is 2.18. The minimum atomic E-state index is 0.778. The number of benzene rings is 1. The number of likely N-dealkylation sites (tertiary alicyclic amines) is 1. The molecule has 0 radical (unpaired) electrons. The van der Waals surface area contributed by atoms with Crippen molar-refractivity contribution in [1.82, 2.24) is 20.0 Å². The van der Waals surface area contributed by atoms with Crippen molar-refractivity contribution in [2.45, 2.75) is 19.4 Å². The Hall–Kier alpha value is -1.65. The third-order valence-electron chi connectivity index (χ3n) is 4.15. The van der Waals surface area contributed by atoms with Gasteiger partial charge in [-0.25, -0.2) is 4.68 Å². The Labute approximate surface area is 126 Å². The van der Waals surface area contributed by atoms with Crippen LogP contribution in [0.5, 0.6) is 0 Å². The number of piperidine rings is 1. The van der Waals surface area contributed by atoms with Crippen LogP contribution in [0, 0.1) is 5.92 Å². The number of hydrogen-bond acceptors (Lipinski definition) is 3. The number of para-hydroxylation sites is 1. The van der Waals surface area contributed by atoms with Gasteiger partial charge in [0.15, 0.2) is 0 Å². The zero-order valence-corrected chi connectivity index (χ0v) is 12.7. The molecule has 4 heteroatoms. The highest BCUT2D eigenvalue weighted by molar-refractivity contribution is 5.30. The van der Waals surface area contributed by atoms with Crippen LogP contribution >= 0.6 is 0 Å². The van der Waals surface area contributed by atoms with Gasteiger partial charge in [-0.3, -0.25) is 4.90 Å². The van der Waals surface area contributed by atoms with Gasteiger partial charge in [-0.05, 0) is 57.1 Å². The van der Waals surface area contributed by atoms with Crippen molar-refractivity contribution in [3.05, 3.63) is 48.3 Å². The first kappa shape index (κ1) is 14.3. The molecule has 4 nitrogen and oxygen atoms in total. The maximum atomic E-state index is 4.70. The lowest BCUT2D eigenvalue weighted by atomic mass is 9.98. The van der Waals surface area contributed by atoms with Crippen LogP contribution in [-0.4, -0.2) is 41.4 Å². The maximum Gasteiger partial charge on any atom is 0.0769 e. The standard InChI is InChI=1S/C17H24N4/c1-18-12-15-6-5-10-20(13-15)14-16-9-11-21(19-16)17-7-3-2-4-8-17/h2-4,7-9,11,15,18H,5-6,10,12-14H2,1H3. The summed E-state index contributed by atoms with van der Waals surface area (Å²) in [5.74, 6) is 0.778. The van der Waals surface area contributed by atoms with Crippen molar-refractivity contribution < 1.29 is 0 Å². The van der Waals surface area contributed by atoms with Crippen molar-refractivity contribution in [1.29, 1.82) is 0 Å². The molecule has 2 heterocycles. The molecule has 0 amide bonds. The summed E-state index contributed by atoms with van der Waals surface area (Å²) in [7, 11) is 2.04. The van der Waals surface area contributed by atoms with Crippen LogP contribution in [0.1, 0.15) is 18.5 Å². The summed E-state index contributed by atoms with van der Waals surface area (Å²) in [6.07, 6.45) is 4.70. The van der Waals surface area contributed by atoms with E-state index < -0.39 is 0 Å². The van der Waals surface area contributed by atoms with Gasteiger partial charge in [0.1, 0.15) is 0 Å². The van der Waals surface area contributed by atoms with Crippen LogP contribution in [-0.2, 0) is 6.54 Å². The van der Waals surface area contributed by atoms with E-state index in [2.05, 4.69) is 34.6 Å². The molecule has 0 bridgehead atoms. The monoisotopic (exact) mass is 284 g/mol. The molecule has 1 aromatic heterocycles. The molecule has 1 atom stereocenters. The van der Waals surface area contributed by atoms with E-state index in [9.17, 15) is 0 Å². The second-order valence-electron chi connectivity index (χ2n) is 5.89. The molecule has 0 aliphatic carbocycles. The van der Waals surface area contributed by atoms with Gasteiger partial charge in [-0.1, -0.05) is 18.2 Å². The lowest BCUT2D eigenvalue weighted by Gasteiger charge is -2.32. The molecule has 112 valence electrons. The Morgan fingerprint density at radius 2 is 2.10 bits per heavy atom. The van der Waals surface area contributed by atoms with E-state index in [1.807, 2.05) is 29.9 Å². The number of hydrogen-bond donors (Lipinski definition) is 1. The molecule has 1 unspecified atom stereocenters. The van der Waals surface area contributed by atoms with E-state index >= 15 is 0 Å². The Balaban J connectivity index is 1.62. The average Bonchev–Trinajstić information content (AvgIpc) is 2.97. The summed E-state index contributed by atoms with van der Waals surface area (Å²) in [6, 6.07) is 12.4. The molecule has 0 spiro atoms. The third-order valence-corrected chi connectivity index (χ3v) is 4.15. The maximum absolute atomic E-state index is 4.70.